The van der Waals surface area contributed by atoms with Gasteiger partial charge in [-0.1, -0.05) is 20.8 Å². The van der Waals surface area contributed by atoms with Gasteiger partial charge in [-0.2, -0.15) is 0 Å². The molecule has 1 aliphatic heterocycles. The van der Waals surface area contributed by atoms with Crippen molar-refractivity contribution in [2.75, 3.05) is 4.90 Å². The third kappa shape index (κ3) is 2.40. The molecule has 2 unspecified atom stereocenters. The SMILES string of the molecule is Cc1ncccc1N1C(=O)C(C(C)(C)C)NC(=O)C1C. The molecular formula is C15H21N3O2. The summed E-state index contributed by atoms with van der Waals surface area (Å²) in [6.07, 6.45) is 1.68. The van der Waals surface area contributed by atoms with E-state index in [9.17, 15) is 9.59 Å². The fourth-order valence-corrected chi connectivity index (χ4v) is 2.42. The summed E-state index contributed by atoms with van der Waals surface area (Å²) in [7, 11) is 0. The van der Waals surface area contributed by atoms with E-state index in [-0.39, 0.29) is 17.2 Å². The van der Waals surface area contributed by atoms with Gasteiger partial charge in [-0.15, -0.1) is 0 Å². The molecule has 0 aromatic carbocycles. The zero-order valence-corrected chi connectivity index (χ0v) is 12.6. The number of nitrogens with zero attached hydrogens (tertiary/aromatic N) is 2. The van der Waals surface area contributed by atoms with Crippen LogP contribution in [0.15, 0.2) is 18.3 Å². The molecule has 1 aliphatic rings. The quantitative estimate of drug-likeness (QED) is 0.847. The second kappa shape index (κ2) is 4.89. The minimum atomic E-state index is -0.524. The van der Waals surface area contributed by atoms with Gasteiger partial charge in [0, 0.05) is 6.20 Å². The largest absolute Gasteiger partial charge is 0.342 e. The van der Waals surface area contributed by atoms with Crippen LogP contribution >= 0.6 is 0 Å². The molecule has 20 heavy (non-hydrogen) atoms. The number of pyridine rings is 1. The molecule has 108 valence electrons. The van der Waals surface area contributed by atoms with Crippen molar-refractivity contribution in [2.24, 2.45) is 5.41 Å². The van der Waals surface area contributed by atoms with Crippen LogP contribution in [0.5, 0.6) is 0 Å². The predicted molar refractivity (Wildman–Crippen MR) is 77.3 cm³/mol. The number of hydrogen-bond acceptors (Lipinski definition) is 3. The summed E-state index contributed by atoms with van der Waals surface area (Å²) in [6, 6.07) is 2.56. The molecule has 1 aromatic rings. The number of amides is 2. The molecule has 0 saturated carbocycles. The fraction of sp³-hybridized carbons (Fsp3) is 0.533. The van der Waals surface area contributed by atoms with Gasteiger partial charge in [0.2, 0.25) is 5.91 Å². The Morgan fingerprint density at radius 3 is 2.50 bits per heavy atom. The van der Waals surface area contributed by atoms with Gasteiger partial charge in [0.15, 0.2) is 0 Å². The molecule has 0 spiro atoms. The van der Waals surface area contributed by atoms with Crippen LogP contribution in [0.3, 0.4) is 0 Å². The number of anilines is 1. The zero-order chi connectivity index (χ0) is 15.1. The minimum Gasteiger partial charge on any atom is -0.342 e. The average Bonchev–Trinajstić information content (AvgIpc) is 2.35. The van der Waals surface area contributed by atoms with Gasteiger partial charge >= 0.3 is 0 Å². The normalized spacial score (nSPS) is 23.8. The van der Waals surface area contributed by atoms with Crippen molar-refractivity contribution in [2.45, 2.75) is 46.7 Å². The van der Waals surface area contributed by atoms with Crippen LogP contribution in [0.1, 0.15) is 33.4 Å². The van der Waals surface area contributed by atoms with Crippen molar-refractivity contribution < 1.29 is 9.59 Å². The first-order chi connectivity index (χ1) is 9.23. The number of hydrogen-bond donors (Lipinski definition) is 1. The molecule has 1 saturated heterocycles. The van der Waals surface area contributed by atoms with E-state index in [1.807, 2.05) is 33.8 Å². The molecule has 0 bridgehead atoms. The summed E-state index contributed by atoms with van der Waals surface area (Å²) in [5.74, 6) is -0.214. The maximum atomic E-state index is 12.8. The van der Waals surface area contributed by atoms with Gasteiger partial charge in [0.05, 0.1) is 11.4 Å². The van der Waals surface area contributed by atoms with Gasteiger partial charge in [0.1, 0.15) is 12.1 Å². The monoisotopic (exact) mass is 275 g/mol. The molecule has 2 rings (SSSR count). The predicted octanol–water partition coefficient (Wildman–Crippen LogP) is 1.66. The maximum Gasteiger partial charge on any atom is 0.250 e. The van der Waals surface area contributed by atoms with Crippen molar-refractivity contribution in [1.29, 1.82) is 0 Å². The molecule has 5 nitrogen and oxygen atoms in total. The Morgan fingerprint density at radius 2 is 1.95 bits per heavy atom. The van der Waals surface area contributed by atoms with E-state index in [4.69, 9.17) is 0 Å². The highest BCUT2D eigenvalue weighted by atomic mass is 16.2. The second-order valence-electron chi connectivity index (χ2n) is 6.30. The standard InChI is InChI=1S/C15H21N3O2/c1-9-11(7-6-8-16-9)18-10(2)13(19)17-12(14(18)20)15(3,4)5/h6-8,10,12H,1-5H3,(H,17,19). The number of carbonyl (C=O) groups is 2. The zero-order valence-electron chi connectivity index (χ0n) is 12.6. The molecule has 2 amide bonds. The summed E-state index contributed by atoms with van der Waals surface area (Å²) >= 11 is 0. The van der Waals surface area contributed by atoms with Crippen LogP contribution in [0.4, 0.5) is 5.69 Å². The number of aromatic nitrogens is 1. The first kappa shape index (κ1) is 14.5. The lowest BCUT2D eigenvalue weighted by molar-refractivity contribution is -0.136. The van der Waals surface area contributed by atoms with E-state index in [2.05, 4.69) is 10.3 Å². The Bertz CT molecular complexity index is 548. The van der Waals surface area contributed by atoms with Crippen LogP contribution in [0, 0.1) is 12.3 Å². The van der Waals surface area contributed by atoms with Crippen LogP contribution in [-0.4, -0.2) is 28.9 Å². The third-order valence-electron chi connectivity index (χ3n) is 3.64. The average molecular weight is 275 g/mol. The summed E-state index contributed by atoms with van der Waals surface area (Å²) in [4.78, 5) is 30.7. The molecule has 0 aliphatic carbocycles. The van der Waals surface area contributed by atoms with Crippen LogP contribution in [0.25, 0.3) is 0 Å². The first-order valence-electron chi connectivity index (χ1n) is 6.78. The van der Waals surface area contributed by atoms with E-state index in [0.717, 1.165) is 5.69 Å². The lowest BCUT2D eigenvalue weighted by Crippen LogP contribution is -2.66. The van der Waals surface area contributed by atoms with Gasteiger partial charge in [0.25, 0.3) is 5.91 Å². The summed E-state index contributed by atoms with van der Waals surface area (Å²) in [5.41, 5.74) is 1.12. The van der Waals surface area contributed by atoms with Gasteiger partial charge in [-0.05, 0) is 31.4 Å². The third-order valence-corrected chi connectivity index (χ3v) is 3.64. The lowest BCUT2D eigenvalue weighted by Gasteiger charge is -2.42. The summed E-state index contributed by atoms with van der Waals surface area (Å²) in [5, 5.41) is 2.82. The van der Waals surface area contributed by atoms with Crippen molar-refractivity contribution >= 4 is 17.5 Å². The molecule has 1 aromatic heterocycles. The van der Waals surface area contributed by atoms with Crippen LogP contribution < -0.4 is 10.2 Å². The van der Waals surface area contributed by atoms with Crippen molar-refractivity contribution in [3.05, 3.63) is 24.0 Å². The minimum absolute atomic E-state index is 0.0827. The molecule has 0 radical (unpaired) electrons. The number of nitrogens with one attached hydrogen (secondary N) is 1. The van der Waals surface area contributed by atoms with E-state index in [0.29, 0.717) is 5.69 Å². The number of piperazine rings is 1. The number of carbonyl (C=O) groups excluding carboxylic acids is 2. The van der Waals surface area contributed by atoms with Crippen LogP contribution in [0.2, 0.25) is 0 Å². The number of aryl methyl sites for hydroxylation is 1. The Hall–Kier alpha value is -1.91. The first-order valence-corrected chi connectivity index (χ1v) is 6.78. The molecule has 1 N–H and O–H groups in total. The highest BCUT2D eigenvalue weighted by molar-refractivity contribution is 6.08. The second-order valence-corrected chi connectivity index (χ2v) is 6.30. The molecule has 5 heteroatoms. The van der Waals surface area contributed by atoms with Gasteiger partial charge in [-0.25, -0.2) is 0 Å². The lowest BCUT2D eigenvalue weighted by atomic mass is 9.84. The van der Waals surface area contributed by atoms with Crippen molar-refractivity contribution in [3.63, 3.8) is 0 Å². The Kier molecular flexibility index (Phi) is 3.54. The fourth-order valence-electron chi connectivity index (χ4n) is 2.42. The maximum absolute atomic E-state index is 12.8. The van der Waals surface area contributed by atoms with E-state index in [1.54, 1.807) is 24.1 Å². The topological polar surface area (TPSA) is 62.3 Å². The van der Waals surface area contributed by atoms with Crippen molar-refractivity contribution in [1.82, 2.24) is 10.3 Å². The molecule has 1 fully saturated rings. The molecule has 2 atom stereocenters. The molecular weight excluding hydrogens is 254 g/mol. The van der Waals surface area contributed by atoms with Crippen molar-refractivity contribution in [3.8, 4) is 0 Å². The molecule has 2 heterocycles. The van der Waals surface area contributed by atoms with E-state index >= 15 is 0 Å². The van der Waals surface area contributed by atoms with Crippen LogP contribution in [-0.2, 0) is 9.59 Å². The van der Waals surface area contributed by atoms with E-state index < -0.39 is 12.1 Å². The smallest absolute Gasteiger partial charge is 0.250 e. The highest BCUT2D eigenvalue weighted by Gasteiger charge is 2.44. The summed E-state index contributed by atoms with van der Waals surface area (Å²) < 4.78 is 0. The Balaban J connectivity index is 2.47. The Labute approximate surface area is 119 Å². The van der Waals surface area contributed by atoms with Gasteiger partial charge in [-0.3, -0.25) is 19.5 Å². The Morgan fingerprint density at radius 1 is 1.30 bits per heavy atom. The summed E-state index contributed by atoms with van der Waals surface area (Å²) in [6.45, 7) is 9.41. The highest BCUT2D eigenvalue weighted by Crippen LogP contribution is 2.29. The van der Waals surface area contributed by atoms with E-state index in [1.165, 1.54) is 0 Å². The van der Waals surface area contributed by atoms with Gasteiger partial charge < -0.3 is 5.32 Å². The number of rotatable bonds is 1.